The molecule has 496 valence electrons. The number of hydrogen-bond donors (Lipinski definition) is 0. The second-order valence-electron chi connectivity index (χ2n) is 23.3. The normalized spacial score (nSPS) is 12.3. The van der Waals surface area contributed by atoms with Crippen LogP contribution in [0.4, 0.5) is 0 Å². The van der Waals surface area contributed by atoms with Crippen molar-refractivity contribution >= 4 is 215 Å². The van der Waals surface area contributed by atoms with Crippen molar-refractivity contribution in [2.24, 2.45) is 0 Å². The minimum atomic E-state index is -2.51. The van der Waals surface area contributed by atoms with Gasteiger partial charge in [0.1, 0.15) is 0 Å². The van der Waals surface area contributed by atoms with Crippen molar-refractivity contribution in [3.05, 3.63) is 356 Å². The second kappa shape index (κ2) is 31.2. The first-order valence-electron chi connectivity index (χ1n) is 31.2. The van der Waals surface area contributed by atoms with Gasteiger partial charge in [0.25, 0.3) is 0 Å². The van der Waals surface area contributed by atoms with Gasteiger partial charge in [0.2, 0.25) is 0 Å². The zero-order valence-electron chi connectivity index (χ0n) is 52.7. The number of benzene rings is 10. The van der Waals surface area contributed by atoms with Crippen LogP contribution in [0.1, 0.15) is 68.3 Å². The summed E-state index contributed by atoms with van der Waals surface area (Å²) in [6.45, 7) is 0. The van der Waals surface area contributed by atoms with Crippen LogP contribution in [0.15, 0.2) is 287 Å². The number of fused-ring (bicyclic) bond motifs is 10. The van der Waals surface area contributed by atoms with E-state index in [2.05, 4.69) is 281 Å². The molecule has 0 saturated heterocycles. The van der Waals surface area contributed by atoms with Crippen LogP contribution in [0.25, 0.3) is 101 Å². The Hall–Kier alpha value is -6.95. The van der Waals surface area contributed by atoms with Crippen LogP contribution in [0.3, 0.4) is 0 Å². The maximum atomic E-state index is 8.58. The molecule has 3 aliphatic rings. The molecule has 10 bridgehead atoms. The molecule has 23 heteroatoms. The summed E-state index contributed by atoms with van der Waals surface area (Å²) in [7, 11) is 0. The number of rotatable bonds is 10. The van der Waals surface area contributed by atoms with Crippen molar-refractivity contribution in [1.82, 2.24) is 49.8 Å². The van der Waals surface area contributed by atoms with E-state index in [0.29, 0.717) is 113 Å². The molecular weight excluding hydrogens is 2170 g/mol. The van der Waals surface area contributed by atoms with Gasteiger partial charge in [-0.25, -0.2) is 19.9 Å². The Labute approximate surface area is 689 Å². The van der Waals surface area contributed by atoms with Gasteiger partial charge in [-0.2, -0.15) is 0 Å². The molecule has 16 rings (SSSR count). The van der Waals surface area contributed by atoms with Crippen molar-refractivity contribution in [2.45, 2.75) is 0 Å². The summed E-state index contributed by atoms with van der Waals surface area (Å²) in [4.78, 5) is 57.1. The van der Waals surface area contributed by atoms with Gasteiger partial charge in [-0.1, -0.05) is 281 Å². The van der Waals surface area contributed by atoms with E-state index in [1.807, 2.05) is 121 Å². The van der Waals surface area contributed by atoms with E-state index in [4.69, 9.17) is 54.3 Å². The summed E-state index contributed by atoms with van der Waals surface area (Å²) in [5.74, 6) is 2.09. The van der Waals surface area contributed by atoms with E-state index in [1.54, 1.807) is 0 Å². The summed E-state index contributed by atoms with van der Waals surface area (Å²) >= 11 is 35.1. The zero-order chi connectivity index (χ0) is 71.2. The summed E-state index contributed by atoms with van der Waals surface area (Å²) in [6.07, 6.45) is 0. The molecule has 0 spiro atoms. The van der Waals surface area contributed by atoms with E-state index in [9.17, 15) is 0 Å². The first-order chi connectivity index (χ1) is 50.0. The SMILES string of the molecule is Brc1ccc(C2=C(c3ccc(Br)cc3)c3nc2nc2nc(nc4[n-]c(nc5nc(nc6[n-]c(n3)c(-c3ccc(Br)cc3)c6-c3ccc(Br)cc3)C(c3ccc(Br)cc3)=C5c3ccc(Br)cc3)c(-c3ccc(Br)cc3)c4-c3ccc(Br)cc3)C(c3ccc(Br)cc3)=C2c2ccc(Br)cc2)cc1.[O]=[U+2]=[O]. The van der Waals surface area contributed by atoms with E-state index < -0.39 is 27.8 Å². The first-order valence-corrected chi connectivity index (χ1v) is 42.6. The quantitative estimate of drug-likeness (QED) is 0.127. The molecule has 10 aromatic carbocycles. The first kappa shape index (κ1) is 71.7. The Kier molecular flexibility index (Phi) is 21.7. The van der Waals surface area contributed by atoms with Crippen LogP contribution in [0.5, 0.6) is 0 Å². The molecule has 3 aliphatic heterocycles. The van der Waals surface area contributed by atoms with Crippen LogP contribution in [-0.4, -0.2) is 39.9 Å². The molecule has 12 nitrogen and oxygen atoms in total. The zero-order valence-corrected chi connectivity index (χ0v) is 72.7. The number of aromatic nitrogens is 10. The van der Waals surface area contributed by atoms with Crippen LogP contribution < -0.4 is 9.97 Å². The topological polar surface area (TPSA) is 165 Å². The van der Waals surface area contributed by atoms with Crippen LogP contribution >= 0.6 is 159 Å². The van der Waals surface area contributed by atoms with E-state index in [-0.39, 0.29) is 0 Å². The fourth-order valence-corrected chi connectivity index (χ4v) is 15.0. The van der Waals surface area contributed by atoms with Crippen LogP contribution in [0, 0.1) is 27.8 Å². The Balaban J connectivity index is 0.00000280. The van der Waals surface area contributed by atoms with Gasteiger partial charge in [0.05, 0.1) is 23.3 Å². The molecule has 0 unspecified atom stereocenters. The van der Waals surface area contributed by atoms with Crippen molar-refractivity contribution < 1.29 is 32.3 Å². The average Bonchev–Trinajstić information content (AvgIpc) is 1.59. The fraction of sp³-hybridized carbons (Fsp3) is 0. The van der Waals surface area contributed by atoms with Gasteiger partial charge in [-0.15, -0.1) is 0 Å². The number of nitrogens with zero attached hydrogens (tertiary/aromatic N) is 10. The molecule has 0 atom stereocenters. The average molecular weight is 2210 g/mol. The molecule has 0 N–H and O–H groups in total. The Morgan fingerprint density at radius 1 is 0.184 bits per heavy atom. The fourth-order valence-electron chi connectivity index (χ4n) is 12.4. The van der Waals surface area contributed by atoms with Gasteiger partial charge in [0, 0.05) is 123 Å². The number of halogens is 10. The summed E-state index contributed by atoms with van der Waals surface area (Å²) in [5, 5.41) is 0. The predicted molar refractivity (Wildman–Crippen MR) is 437 cm³/mol. The summed E-state index contributed by atoms with van der Waals surface area (Å²) < 4.78 is 26.1. The van der Waals surface area contributed by atoms with Crippen molar-refractivity contribution in [2.75, 3.05) is 0 Å². The Bertz CT molecular complexity index is 5580. The van der Waals surface area contributed by atoms with E-state index in [0.717, 1.165) is 100 Å². The molecule has 0 amide bonds. The second-order valence-corrected chi connectivity index (χ2v) is 33.1. The Morgan fingerprint density at radius 2 is 0.301 bits per heavy atom. The molecule has 0 radical (unpaired) electrons. The molecule has 103 heavy (non-hydrogen) atoms. The van der Waals surface area contributed by atoms with Crippen molar-refractivity contribution in [3.8, 4) is 44.5 Å². The van der Waals surface area contributed by atoms with E-state index in [1.165, 1.54) is 0 Å². The van der Waals surface area contributed by atoms with Gasteiger partial charge in [-0.05, 0) is 177 Å². The third kappa shape index (κ3) is 15.2. The number of hydrogen-bond acceptors (Lipinski definition) is 10. The molecule has 0 fully saturated rings. The molecule has 6 heterocycles. The summed E-state index contributed by atoms with van der Waals surface area (Å²) in [5.41, 5.74) is 16.7. The van der Waals surface area contributed by atoms with Gasteiger partial charge >= 0.3 is 32.3 Å². The molecular formula is C80H40Br10N10O2U. The van der Waals surface area contributed by atoms with Crippen LogP contribution in [0.2, 0.25) is 0 Å². The van der Waals surface area contributed by atoms with Crippen molar-refractivity contribution in [3.63, 3.8) is 0 Å². The molecule has 0 aliphatic carbocycles. The maximum absolute atomic E-state index is 8.58. The standard InChI is InChI=1S/C80H40Br10N10.2O.U/c81-51-21-1-41(2-22-51)61-62(42-3-23-52(82)24-4-42)72-91-71(61)96-73-63(43-5-25-53(83)26-6-43)64(44-7-27-54(84)28-8-44)75(92-73)98-77-67(47-13-33-57(87)34-14-47)68(48-15-35-58(88)36-16-48)79(94-77)100-80-70(50-19-39-60(90)40-20-50)69(49-17-37-59(89)38-18-49)78(95-80)99-76-66(46-11-31-56(86)32-12-46)65(74(93-76)97-72)45-9-29-55(85)30-10-45;;;/h1-40H;;;/q-2;;;+2. The van der Waals surface area contributed by atoms with Crippen molar-refractivity contribution in [1.29, 1.82) is 0 Å². The van der Waals surface area contributed by atoms with Gasteiger partial charge in [0.15, 0.2) is 11.6 Å². The van der Waals surface area contributed by atoms with Gasteiger partial charge < -0.3 is 29.9 Å². The minimum absolute atomic E-state index is 0.349. The third-order valence-corrected chi connectivity index (χ3v) is 22.2. The predicted octanol–water partition coefficient (Wildman–Crippen LogP) is 24.5. The van der Waals surface area contributed by atoms with Gasteiger partial charge in [-0.3, -0.25) is 0 Å². The monoisotopic (exact) mass is 2200 g/mol. The van der Waals surface area contributed by atoms with Crippen LogP contribution in [-0.2, 0) is 4.47 Å². The third-order valence-electron chi connectivity index (χ3n) is 16.9. The Morgan fingerprint density at radius 3 is 0.437 bits per heavy atom. The van der Waals surface area contributed by atoms with E-state index >= 15 is 0 Å². The summed E-state index contributed by atoms with van der Waals surface area (Å²) in [6, 6.07) is 81.7. The molecule has 3 aromatic heterocycles. The molecule has 13 aromatic rings. The molecule has 0 saturated carbocycles.